The van der Waals surface area contributed by atoms with Crippen molar-refractivity contribution < 1.29 is 14.2 Å². The summed E-state index contributed by atoms with van der Waals surface area (Å²) in [5, 5.41) is 0. The molecule has 0 aliphatic carbocycles. The second-order valence-corrected chi connectivity index (χ2v) is 4.68. The van der Waals surface area contributed by atoms with Crippen LogP contribution in [0.1, 0.15) is 13.3 Å². The standard InChI is InChI=1S/C9H17IO3/c1-2-3-11-4-5-13-9-7-12-6-8(9)10/h8-9H,2-7H2,1H3. The first-order valence-corrected chi connectivity index (χ1v) is 6.00. The van der Waals surface area contributed by atoms with Gasteiger partial charge < -0.3 is 14.2 Å². The average molecular weight is 300 g/mol. The third-order valence-electron chi connectivity index (χ3n) is 1.87. The van der Waals surface area contributed by atoms with Crippen LogP contribution in [0.5, 0.6) is 0 Å². The van der Waals surface area contributed by atoms with Gasteiger partial charge in [-0.3, -0.25) is 0 Å². The van der Waals surface area contributed by atoms with Gasteiger partial charge in [-0.15, -0.1) is 0 Å². The van der Waals surface area contributed by atoms with Gasteiger partial charge in [-0.05, 0) is 6.42 Å². The largest absolute Gasteiger partial charge is 0.379 e. The maximum atomic E-state index is 5.60. The Morgan fingerprint density at radius 1 is 1.31 bits per heavy atom. The molecule has 0 saturated carbocycles. The fourth-order valence-corrected chi connectivity index (χ4v) is 1.84. The second kappa shape index (κ2) is 6.98. The van der Waals surface area contributed by atoms with E-state index < -0.39 is 0 Å². The van der Waals surface area contributed by atoms with Crippen LogP contribution in [-0.2, 0) is 14.2 Å². The summed E-state index contributed by atoms with van der Waals surface area (Å²) in [6, 6.07) is 0. The van der Waals surface area contributed by atoms with Crippen molar-refractivity contribution in [3.63, 3.8) is 0 Å². The van der Waals surface area contributed by atoms with Crippen molar-refractivity contribution in [2.24, 2.45) is 0 Å². The summed E-state index contributed by atoms with van der Waals surface area (Å²) in [6.45, 7) is 5.88. The number of hydrogen-bond acceptors (Lipinski definition) is 3. The van der Waals surface area contributed by atoms with Crippen LogP contribution < -0.4 is 0 Å². The summed E-state index contributed by atoms with van der Waals surface area (Å²) in [4.78, 5) is 0. The Labute approximate surface area is 93.3 Å². The van der Waals surface area contributed by atoms with Crippen molar-refractivity contribution in [3.8, 4) is 0 Å². The fourth-order valence-electron chi connectivity index (χ4n) is 1.17. The maximum absolute atomic E-state index is 5.60. The van der Waals surface area contributed by atoms with Gasteiger partial charge in [0, 0.05) is 6.61 Å². The van der Waals surface area contributed by atoms with Gasteiger partial charge in [0.05, 0.1) is 36.5 Å². The molecule has 1 rings (SSSR count). The Morgan fingerprint density at radius 2 is 2.15 bits per heavy atom. The van der Waals surface area contributed by atoms with E-state index in [1.54, 1.807) is 0 Å². The molecule has 13 heavy (non-hydrogen) atoms. The molecule has 4 heteroatoms. The number of halogens is 1. The highest BCUT2D eigenvalue weighted by molar-refractivity contribution is 14.1. The van der Waals surface area contributed by atoms with Crippen LogP contribution in [0, 0.1) is 0 Å². The van der Waals surface area contributed by atoms with E-state index in [0.29, 0.717) is 17.1 Å². The minimum absolute atomic E-state index is 0.269. The number of hydrogen-bond donors (Lipinski definition) is 0. The smallest absolute Gasteiger partial charge is 0.0949 e. The quantitative estimate of drug-likeness (QED) is 0.424. The van der Waals surface area contributed by atoms with Gasteiger partial charge in [-0.2, -0.15) is 0 Å². The van der Waals surface area contributed by atoms with Gasteiger partial charge in [0.25, 0.3) is 0 Å². The minimum atomic E-state index is 0.269. The molecule has 0 aromatic rings. The molecule has 0 amide bonds. The molecule has 2 atom stereocenters. The molecule has 3 nitrogen and oxygen atoms in total. The Morgan fingerprint density at radius 3 is 2.77 bits per heavy atom. The van der Waals surface area contributed by atoms with Crippen LogP contribution in [0.4, 0.5) is 0 Å². The van der Waals surface area contributed by atoms with E-state index in [4.69, 9.17) is 14.2 Å². The normalized spacial score (nSPS) is 28.2. The van der Waals surface area contributed by atoms with Gasteiger partial charge >= 0.3 is 0 Å². The number of rotatable bonds is 6. The zero-order valence-corrected chi connectivity index (χ0v) is 10.2. The molecule has 0 bridgehead atoms. The third-order valence-corrected chi connectivity index (χ3v) is 3.03. The van der Waals surface area contributed by atoms with Crippen LogP contribution in [0.3, 0.4) is 0 Å². The summed E-state index contributed by atoms with van der Waals surface area (Å²) in [6.07, 6.45) is 1.34. The number of ether oxygens (including phenoxy) is 3. The van der Waals surface area contributed by atoms with Crippen molar-refractivity contribution in [1.82, 2.24) is 0 Å². The highest BCUT2D eigenvalue weighted by Crippen LogP contribution is 2.17. The molecule has 78 valence electrons. The lowest BCUT2D eigenvalue weighted by molar-refractivity contribution is 0.00344. The second-order valence-electron chi connectivity index (χ2n) is 3.08. The van der Waals surface area contributed by atoms with E-state index >= 15 is 0 Å². The summed E-state index contributed by atoms with van der Waals surface area (Å²) in [5.74, 6) is 0. The molecule has 0 N–H and O–H groups in total. The molecule has 1 aliphatic heterocycles. The molecular weight excluding hydrogens is 283 g/mol. The van der Waals surface area contributed by atoms with Crippen molar-refractivity contribution in [3.05, 3.63) is 0 Å². The van der Waals surface area contributed by atoms with Crippen LogP contribution in [0.2, 0.25) is 0 Å². The Bertz CT molecular complexity index is 132. The van der Waals surface area contributed by atoms with Gasteiger partial charge in [-0.1, -0.05) is 29.5 Å². The molecule has 0 aromatic heterocycles. The SMILES string of the molecule is CCCOCCOC1COCC1I. The molecule has 0 radical (unpaired) electrons. The van der Waals surface area contributed by atoms with Crippen molar-refractivity contribution in [2.45, 2.75) is 23.4 Å². The first-order valence-electron chi connectivity index (χ1n) is 4.75. The predicted molar refractivity (Wildman–Crippen MR) is 59.5 cm³/mol. The summed E-state index contributed by atoms with van der Waals surface area (Å²) in [5.41, 5.74) is 0. The molecule has 1 saturated heterocycles. The third kappa shape index (κ3) is 4.58. The highest BCUT2D eigenvalue weighted by atomic mass is 127. The van der Waals surface area contributed by atoms with E-state index in [-0.39, 0.29) is 6.10 Å². The lowest BCUT2D eigenvalue weighted by atomic mass is 10.3. The van der Waals surface area contributed by atoms with E-state index in [9.17, 15) is 0 Å². The molecule has 1 heterocycles. The topological polar surface area (TPSA) is 27.7 Å². The molecule has 2 unspecified atom stereocenters. The summed E-state index contributed by atoms with van der Waals surface area (Å²) in [7, 11) is 0. The first-order chi connectivity index (χ1) is 6.34. The fraction of sp³-hybridized carbons (Fsp3) is 1.00. The molecular formula is C9H17IO3. The van der Waals surface area contributed by atoms with E-state index in [0.717, 1.165) is 26.2 Å². The molecule has 1 aliphatic rings. The van der Waals surface area contributed by atoms with Crippen LogP contribution in [-0.4, -0.2) is 43.1 Å². The minimum Gasteiger partial charge on any atom is -0.379 e. The van der Waals surface area contributed by atoms with Crippen molar-refractivity contribution in [2.75, 3.05) is 33.0 Å². The first kappa shape index (κ1) is 11.7. The van der Waals surface area contributed by atoms with E-state index in [1.165, 1.54) is 0 Å². The Kier molecular flexibility index (Phi) is 6.27. The van der Waals surface area contributed by atoms with Crippen molar-refractivity contribution >= 4 is 22.6 Å². The average Bonchev–Trinajstić information content (AvgIpc) is 2.52. The van der Waals surface area contributed by atoms with Gasteiger partial charge in [-0.25, -0.2) is 0 Å². The van der Waals surface area contributed by atoms with E-state index in [1.807, 2.05) is 0 Å². The van der Waals surface area contributed by atoms with Crippen LogP contribution in [0.25, 0.3) is 0 Å². The summed E-state index contributed by atoms with van der Waals surface area (Å²) < 4.78 is 16.7. The zero-order chi connectivity index (χ0) is 9.52. The van der Waals surface area contributed by atoms with Crippen molar-refractivity contribution in [1.29, 1.82) is 0 Å². The van der Waals surface area contributed by atoms with Crippen LogP contribution >= 0.6 is 22.6 Å². The highest BCUT2D eigenvalue weighted by Gasteiger charge is 2.25. The zero-order valence-electron chi connectivity index (χ0n) is 8.00. The predicted octanol–water partition coefficient (Wildman–Crippen LogP) is 1.63. The lowest BCUT2D eigenvalue weighted by Gasteiger charge is -2.13. The Balaban J connectivity index is 1.93. The van der Waals surface area contributed by atoms with E-state index in [2.05, 4.69) is 29.5 Å². The molecule has 0 spiro atoms. The lowest BCUT2D eigenvalue weighted by Crippen LogP contribution is -2.24. The monoisotopic (exact) mass is 300 g/mol. The van der Waals surface area contributed by atoms with Crippen LogP contribution in [0.15, 0.2) is 0 Å². The van der Waals surface area contributed by atoms with Gasteiger partial charge in [0.15, 0.2) is 0 Å². The maximum Gasteiger partial charge on any atom is 0.0949 e. The van der Waals surface area contributed by atoms with Gasteiger partial charge in [0.1, 0.15) is 0 Å². The molecule has 1 fully saturated rings. The Hall–Kier alpha value is 0.610. The van der Waals surface area contributed by atoms with Gasteiger partial charge in [0.2, 0.25) is 0 Å². The number of alkyl halides is 1. The summed E-state index contributed by atoms with van der Waals surface area (Å²) >= 11 is 2.37. The molecule has 0 aromatic carbocycles.